The van der Waals surface area contributed by atoms with Crippen LogP contribution in [0.4, 0.5) is 5.82 Å². The number of carboxylic acid groups (broad SMARTS) is 1. The maximum Gasteiger partial charge on any atom is 0.356 e. The molecule has 1 aliphatic heterocycles. The number of fused-ring (bicyclic) bond motifs is 1. The first-order chi connectivity index (χ1) is 8.68. The molecule has 3 heterocycles. The standard InChI is InChI=1S/C12H13N3O3/c13-9-3-1-2-8-10(12(16)17)14-11(15(8)9)7-4-5-18-6-7/h1-3,7H,4-6,13H2,(H,16,17). The summed E-state index contributed by atoms with van der Waals surface area (Å²) in [5.41, 5.74) is 6.50. The SMILES string of the molecule is Nc1cccc2c(C(=O)O)nc(C3CCOC3)n12. The Morgan fingerprint density at radius 3 is 3.06 bits per heavy atom. The van der Waals surface area contributed by atoms with E-state index in [0.29, 0.717) is 30.4 Å². The summed E-state index contributed by atoms with van der Waals surface area (Å²) in [6.45, 7) is 1.24. The van der Waals surface area contributed by atoms with Gasteiger partial charge in [-0.2, -0.15) is 0 Å². The fourth-order valence-corrected chi connectivity index (χ4v) is 2.36. The molecule has 0 bridgehead atoms. The van der Waals surface area contributed by atoms with Crippen LogP contribution in [0.2, 0.25) is 0 Å². The van der Waals surface area contributed by atoms with Crippen molar-refractivity contribution in [3.63, 3.8) is 0 Å². The van der Waals surface area contributed by atoms with Gasteiger partial charge in [0.2, 0.25) is 0 Å². The Morgan fingerprint density at radius 2 is 2.39 bits per heavy atom. The number of rotatable bonds is 2. The van der Waals surface area contributed by atoms with Crippen molar-refractivity contribution in [3.05, 3.63) is 29.7 Å². The van der Waals surface area contributed by atoms with E-state index in [4.69, 9.17) is 10.5 Å². The monoisotopic (exact) mass is 247 g/mol. The highest BCUT2D eigenvalue weighted by Gasteiger charge is 2.26. The third-order valence-corrected chi connectivity index (χ3v) is 3.22. The van der Waals surface area contributed by atoms with E-state index in [0.717, 1.165) is 6.42 Å². The van der Waals surface area contributed by atoms with Crippen molar-refractivity contribution in [2.24, 2.45) is 0 Å². The van der Waals surface area contributed by atoms with Crippen LogP contribution in [0, 0.1) is 0 Å². The summed E-state index contributed by atoms with van der Waals surface area (Å²) < 4.78 is 7.04. The Morgan fingerprint density at radius 1 is 1.56 bits per heavy atom. The summed E-state index contributed by atoms with van der Waals surface area (Å²) >= 11 is 0. The Bertz CT molecular complexity index is 614. The molecule has 94 valence electrons. The molecule has 0 aliphatic carbocycles. The zero-order chi connectivity index (χ0) is 12.7. The van der Waals surface area contributed by atoms with Gasteiger partial charge in [0.05, 0.1) is 12.1 Å². The van der Waals surface area contributed by atoms with Crippen LogP contribution >= 0.6 is 0 Å². The van der Waals surface area contributed by atoms with Gasteiger partial charge in [-0.05, 0) is 18.6 Å². The Labute approximate surface area is 103 Å². The number of nitrogen functional groups attached to an aromatic ring is 1. The van der Waals surface area contributed by atoms with Crippen LogP contribution in [0.1, 0.15) is 28.7 Å². The lowest BCUT2D eigenvalue weighted by Crippen LogP contribution is -2.07. The van der Waals surface area contributed by atoms with E-state index in [1.165, 1.54) is 0 Å². The lowest BCUT2D eigenvalue weighted by Gasteiger charge is -2.08. The molecule has 18 heavy (non-hydrogen) atoms. The largest absolute Gasteiger partial charge is 0.476 e. The minimum atomic E-state index is -1.04. The second-order valence-corrected chi connectivity index (χ2v) is 4.36. The van der Waals surface area contributed by atoms with Gasteiger partial charge in [0.15, 0.2) is 5.69 Å². The van der Waals surface area contributed by atoms with Gasteiger partial charge >= 0.3 is 5.97 Å². The number of hydrogen-bond donors (Lipinski definition) is 2. The highest BCUT2D eigenvalue weighted by molar-refractivity contribution is 5.94. The molecule has 0 aromatic carbocycles. The molecule has 0 radical (unpaired) electrons. The number of nitrogens with zero attached hydrogens (tertiary/aromatic N) is 2. The van der Waals surface area contributed by atoms with Gasteiger partial charge in [0.25, 0.3) is 0 Å². The summed E-state index contributed by atoms with van der Waals surface area (Å²) in [5, 5.41) is 9.18. The van der Waals surface area contributed by atoms with Crippen LogP contribution in [0.3, 0.4) is 0 Å². The van der Waals surface area contributed by atoms with Crippen molar-refractivity contribution in [2.75, 3.05) is 18.9 Å². The van der Waals surface area contributed by atoms with Gasteiger partial charge in [0, 0.05) is 12.5 Å². The minimum absolute atomic E-state index is 0.0456. The van der Waals surface area contributed by atoms with E-state index in [1.807, 2.05) is 0 Å². The average molecular weight is 247 g/mol. The number of imidazole rings is 1. The van der Waals surface area contributed by atoms with E-state index in [2.05, 4.69) is 4.98 Å². The summed E-state index contributed by atoms with van der Waals surface area (Å²) in [5.74, 6) is 0.242. The normalized spacial score (nSPS) is 19.4. The van der Waals surface area contributed by atoms with Crippen LogP contribution in [0.5, 0.6) is 0 Å². The van der Waals surface area contributed by atoms with Crippen LogP contribution in [0.15, 0.2) is 18.2 Å². The van der Waals surface area contributed by atoms with Crippen LogP contribution in [-0.4, -0.2) is 33.7 Å². The fourth-order valence-electron chi connectivity index (χ4n) is 2.36. The molecular weight excluding hydrogens is 234 g/mol. The second-order valence-electron chi connectivity index (χ2n) is 4.36. The molecule has 3 N–H and O–H groups in total. The van der Waals surface area contributed by atoms with Crippen LogP contribution in [0.25, 0.3) is 5.52 Å². The molecule has 1 atom stereocenters. The highest BCUT2D eigenvalue weighted by atomic mass is 16.5. The van der Waals surface area contributed by atoms with Crippen LogP contribution < -0.4 is 5.73 Å². The molecule has 1 saturated heterocycles. The summed E-state index contributed by atoms with van der Waals surface area (Å²) in [6, 6.07) is 5.18. The molecule has 6 heteroatoms. The summed E-state index contributed by atoms with van der Waals surface area (Å²) in [7, 11) is 0. The maximum absolute atomic E-state index is 11.2. The number of ether oxygens (including phenoxy) is 1. The third kappa shape index (κ3) is 1.53. The van der Waals surface area contributed by atoms with Gasteiger partial charge in [-0.25, -0.2) is 9.78 Å². The van der Waals surface area contributed by atoms with Gasteiger partial charge in [-0.3, -0.25) is 4.40 Å². The average Bonchev–Trinajstić information content (AvgIpc) is 2.95. The molecule has 0 amide bonds. The Hall–Kier alpha value is -2.08. The number of aromatic carboxylic acids is 1. The van der Waals surface area contributed by atoms with Gasteiger partial charge in [-0.15, -0.1) is 0 Å². The Balaban J connectivity index is 2.27. The predicted octanol–water partition coefficient (Wildman–Crippen LogP) is 1.12. The zero-order valence-electron chi connectivity index (χ0n) is 9.67. The van der Waals surface area contributed by atoms with Crippen molar-refractivity contribution in [1.29, 1.82) is 0 Å². The van der Waals surface area contributed by atoms with E-state index in [1.54, 1.807) is 22.6 Å². The number of pyridine rings is 1. The zero-order valence-corrected chi connectivity index (χ0v) is 9.67. The number of hydrogen-bond acceptors (Lipinski definition) is 4. The Kier molecular flexibility index (Phi) is 2.45. The lowest BCUT2D eigenvalue weighted by molar-refractivity contribution is 0.0693. The first-order valence-electron chi connectivity index (χ1n) is 5.76. The number of anilines is 1. The lowest BCUT2D eigenvalue weighted by atomic mass is 10.1. The maximum atomic E-state index is 11.2. The molecule has 2 aromatic rings. The van der Waals surface area contributed by atoms with Crippen LogP contribution in [-0.2, 0) is 4.74 Å². The van der Waals surface area contributed by atoms with Crippen molar-refractivity contribution in [3.8, 4) is 0 Å². The molecule has 1 aliphatic rings. The molecular formula is C12H13N3O3. The number of carbonyl (C=O) groups is 1. The minimum Gasteiger partial charge on any atom is -0.476 e. The van der Waals surface area contributed by atoms with Gasteiger partial charge < -0.3 is 15.6 Å². The molecule has 2 aromatic heterocycles. The quantitative estimate of drug-likeness (QED) is 0.829. The number of aromatic nitrogens is 2. The molecule has 3 rings (SSSR count). The molecule has 1 unspecified atom stereocenters. The van der Waals surface area contributed by atoms with Crippen molar-refractivity contribution in [1.82, 2.24) is 9.38 Å². The van der Waals surface area contributed by atoms with Crippen molar-refractivity contribution < 1.29 is 14.6 Å². The molecule has 6 nitrogen and oxygen atoms in total. The highest BCUT2D eigenvalue weighted by Crippen LogP contribution is 2.28. The van der Waals surface area contributed by atoms with E-state index >= 15 is 0 Å². The van der Waals surface area contributed by atoms with Gasteiger partial charge in [0.1, 0.15) is 11.6 Å². The first kappa shape index (κ1) is 11.0. The number of carboxylic acids is 1. The summed E-state index contributed by atoms with van der Waals surface area (Å²) in [4.78, 5) is 15.4. The fraction of sp³-hybridized carbons (Fsp3) is 0.333. The first-order valence-corrected chi connectivity index (χ1v) is 5.76. The molecule has 0 saturated carbocycles. The molecule has 0 spiro atoms. The van der Waals surface area contributed by atoms with Crippen molar-refractivity contribution >= 4 is 17.3 Å². The van der Waals surface area contributed by atoms with Gasteiger partial charge in [-0.1, -0.05) is 6.07 Å². The molecule has 1 fully saturated rings. The second kappa shape index (κ2) is 3.99. The topological polar surface area (TPSA) is 89.9 Å². The van der Waals surface area contributed by atoms with E-state index < -0.39 is 5.97 Å². The van der Waals surface area contributed by atoms with E-state index in [9.17, 15) is 9.90 Å². The summed E-state index contributed by atoms with van der Waals surface area (Å²) in [6.07, 6.45) is 0.840. The smallest absolute Gasteiger partial charge is 0.356 e. The predicted molar refractivity (Wildman–Crippen MR) is 64.7 cm³/mol. The van der Waals surface area contributed by atoms with E-state index in [-0.39, 0.29) is 11.6 Å². The van der Waals surface area contributed by atoms with Crippen molar-refractivity contribution in [2.45, 2.75) is 12.3 Å². The third-order valence-electron chi connectivity index (χ3n) is 3.22. The number of nitrogens with two attached hydrogens (primary N) is 1.